The summed E-state index contributed by atoms with van der Waals surface area (Å²) in [4.78, 5) is 11.2. The van der Waals surface area contributed by atoms with Crippen LogP contribution in [0.4, 0.5) is 0 Å². The molecule has 2 aromatic heterocycles. The fourth-order valence-electron chi connectivity index (χ4n) is 1.03. The number of fused-ring (bicyclic) bond motifs is 1. The van der Waals surface area contributed by atoms with Gasteiger partial charge in [0.15, 0.2) is 5.58 Å². The van der Waals surface area contributed by atoms with E-state index in [2.05, 4.69) is 15.9 Å². The smallest absolute Gasteiger partial charge is 0.228 e. The first kappa shape index (κ1) is 7.61. The molecule has 12 heavy (non-hydrogen) atoms. The number of aryl methyl sites for hydroxylation is 1. The van der Waals surface area contributed by atoms with Gasteiger partial charge in [-0.05, 0) is 22.9 Å². The minimum absolute atomic E-state index is 0.153. The Morgan fingerprint density at radius 1 is 1.42 bits per heavy atom. The largest absolute Gasteiger partial charge is 0.456 e. The Morgan fingerprint density at radius 2 is 2.17 bits per heavy atom. The van der Waals surface area contributed by atoms with Gasteiger partial charge in [-0.2, -0.15) is 0 Å². The molecule has 0 aliphatic heterocycles. The van der Waals surface area contributed by atoms with Gasteiger partial charge in [-0.1, -0.05) is 0 Å². The molecule has 2 heterocycles. The number of hydrogen-bond acceptors (Lipinski definition) is 3. The maximum atomic E-state index is 11.2. The quantitative estimate of drug-likeness (QED) is 0.696. The van der Waals surface area contributed by atoms with Gasteiger partial charge in [0.05, 0.1) is 4.47 Å². The minimum atomic E-state index is -0.153. The Kier molecular flexibility index (Phi) is 1.58. The van der Waals surface area contributed by atoms with Crippen molar-refractivity contribution in [2.24, 2.45) is 0 Å². The van der Waals surface area contributed by atoms with E-state index in [0.29, 0.717) is 15.8 Å². The highest BCUT2D eigenvalue weighted by molar-refractivity contribution is 9.10. The summed E-state index contributed by atoms with van der Waals surface area (Å²) >= 11 is 3.21. The standard InChI is InChI=1S/C8H5BrO3/c1-4-2-6(10)8-7(12-4)5(9)3-11-8/h2-3H,1H3. The molecular weight excluding hydrogens is 224 g/mol. The third kappa shape index (κ3) is 0.992. The molecule has 0 spiro atoms. The highest BCUT2D eigenvalue weighted by atomic mass is 79.9. The molecule has 0 bridgehead atoms. The first-order valence-electron chi connectivity index (χ1n) is 3.36. The third-order valence-corrected chi connectivity index (χ3v) is 2.07. The molecule has 0 unspecified atom stereocenters. The average Bonchev–Trinajstić information content (AvgIpc) is 2.33. The molecular formula is C8H5BrO3. The van der Waals surface area contributed by atoms with Crippen LogP contribution in [0.25, 0.3) is 11.2 Å². The Hall–Kier alpha value is -1.03. The van der Waals surface area contributed by atoms with Crippen molar-refractivity contribution in [1.29, 1.82) is 0 Å². The van der Waals surface area contributed by atoms with E-state index in [0.717, 1.165) is 0 Å². The molecule has 0 N–H and O–H groups in total. The van der Waals surface area contributed by atoms with Crippen molar-refractivity contribution in [2.75, 3.05) is 0 Å². The normalized spacial score (nSPS) is 10.8. The van der Waals surface area contributed by atoms with E-state index >= 15 is 0 Å². The number of furan rings is 1. The minimum Gasteiger partial charge on any atom is -0.456 e. The third-order valence-electron chi connectivity index (χ3n) is 1.52. The molecule has 0 fully saturated rings. The zero-order valence-corrected chi connectivity index (χ0v) is 7.84. The van der Waals surface area contributed by atoms with Gasteiger partial charge in [0.1, 0.15) is 12.0 Å². The van der Waals surface area contributed by atoms with Crippen molar-refractivity contribution < 1.29 is 8.83 Å². The van der Waals surface area contributed by atoms with Gasteiger partial charge in [-0.25, -0.2) is 0 Å². The average molecular weight is 229 g/mol. The highest BCUT2D eigenvalue weighted by Gasteiger charge is 2.09. The lowest BCUT2D eigenvalue weighted by Gasteiger charge is -1.90. The van der Waals surface area contributed by atoms with E-state index in [9.17, 15) is 4.79 Å². The first-order valence-corrected chi connectivity index (χ1v) is 4.15. The molecule has 0 atom stereocenters. The van der Waals surface area contributed by atoms with Crippen LogP contribution in [0.2, 0.25) is 0 Å². The molecule has 62 valence electrons. The van der Waals surface area contributed by atoms with Crippen LogP contribution in [0.3, 0.4) is 0 Å². The van der Waals surface area contributed by atoms with Crippen LogP contribution >= 0.6 is 15.9 Å². The predicted octanol–water partition coefficient (Wildman–Crippen LogP) is 2.46. The molecule has 0 radical (unpaired) electrons. The lowest BCUT2D eigenvalue weighted by atomic mass is 10.4. The topological polar surface area (TPSA) is 43.4 Å². The Morgan fingerprint density at radius 3 is 2.92 bits per heavy atom. The van der Waals surface area contributed by atoms with E-state index in [1.54, 1.807) is 6.92 Å². The first-order chi connectivity index (χ1) is 5.68. The molecule has 2 rings (SSSR count). The second-order valence-corrected chi connectivity index (χ2v) is 3.32. The fraction of sp³-hybridized carbons (Fsp3) is 0.125. The van der Waals surface area contributed by atoms with Crippen molar-refractivity contribution in [3.05, 3.63) is 32.8 Å². The lowest BCUT2D eigenvalue weighted by molar-refractivity contribution is 0.551. The molecule has 0 aliphatic rings. The van der Waals surface area contributed by atoms with Gasteiger partial charge >= 0.3 is 0 Å². The van der Waals surface area contributed by atoms with Gasteiger partial charge in [0, 0.05) is 6.07 Å². The maximum Gasteiger partial charge on any atom is 0.228 e. The molecule has 0 aliphatic carbocycles. The van der Waals surface area contributed by atoms with E-state index < -0.39 is 0 Å². The second kappa shape index (κ2) is 2.48. The number of rotatable bonds is 0. The van der Waals surface area contributed by atoms with Gasteiger partial charge in [-0.3, -0.25) is 4.79 Å². The number of hydrogen-bond donors (Lipinski definition) is 0. The van der Waals surface area contributed by atoms with Crippen molar-refractivity contribution in [3.63, 3.8) is 0 Å². The van der Waals surface area contributed by atoms with Gasteiger partial charge in [0.2, 0.25) is 11.0 Å². The Labute approximate surface area is 76.1 Å². The van der Waals surface area contributed by atoms with Crippen LogP contribution in [0, 0.1) is 6.92 Å². The molecule has 3 nitrogen and oxygen atoms in total. The molecule has 0 aromatic carbocycles. The zero-order chi connectivity index (χ0) is 8.72. The van der Waals surface area contributed by atoms with Gasteiger partial charge in [0.25, 0.3) is 0 Å². The maximum absolute atomic E-state index is 11.2. The monoisotopic (exact) mass is 228 g/mol. The predicted molar refractivity (Wildman–Crippen MR) is 47.2 cm³/mol. The molecule has 2 aromatic rings. The van der Waals surface area contributed by atoms with Crippen LogP contribution in [0.15, 0.2) is 30.4 Å². The van der Waals surface area contributed by atoms with Crippen LogP contribution in [-0.4, -0.2) is 0 Å². The summed E-state index contributed by atoms with van der Waals surface area (Å²) < 4.78 is 10.9. The second-order valence-electron chi connectivity index (χ2n) is 2.46. The summed E-state index contributed by atoms with van der Waals surface area (Å²) in [5.74, 6) is 0.578. The van der Waals surface area contributed by atoms with Crippen LogP contribution in [-0.2, 0) is 0 Å². The van der Waals surface area contributed by atoms with Crippen molar-refractivity contribution in [2.45, 2.75) is 6.92 Å². The molecule has 0 saturated heterocycles. The number of halogens is 1. The lowest BCUT2D eigenvalue weighted by Crippen LogP contribution is -1.97. The summed E-state index contributed by atoms with van der Waals surface area (Å²) in [6, 6.07) is 1.40. The van der Waals surface area contributed by atoms with Crippen molar-refractivity contribution in [3.8, 4) is 0 Å². The molecule has 4 heteroatoms. The van der Waals surface area contributed by atoms with Gasteiger partial charge in [-0.15, -0.1) is 0 Å². The summed E-state index contributed by atoms with van der Waals surface area (Å²) in [6.45, 7) is 1.72. The molecule has 0 saturated carbocycles. The van der Waals surface area contributed by atoms with Crippen molar-refractivity contribution >= 4 is 27.1 Å². The SMILES string of the molecule is Cc1cc(=O)c2occ(Br)c2o1. The summed E-state index contributed by atoms with van der Waals surface area (Å²) in [7, 11) is 0. The zero-order valence-electron chi connectivity index (χ0n) is 6.26. The summed E-state index contributed by atoms with van der Waals surface area (Å²) in [5, 5.41) is 0. The Bertz CT molecular complexity index is 480. The fourth-order valence-corrected chi connectivity index (χ4v) is 1.39. The van der Waals surface area contributed by atoms with Crippen molar-refractivity contribution in [1.82, 2.24) is 0 Å². The Balaban J connectivity index is 3.03. The highest BCUT2D eigenvalue weighted by Crippen LogP contribution is 2.23. The van der Waals surface area contributed by atoms with Gasteiger partial charge < -0.3 is 8.83 Å². The van der Waals surface area contributed by atoms with Crippen LogP contribution in [0.5, 0.6) is 0 Å². The van der Waals surface area contributed by atoms with E-state index in [1.165, 1.54) is 12.3 Å². The van der Waals surface area contributed by atoms with E-state index in [-0.39, 0.29) is 11.0 Å². The summed E-state index contributed by atoms with van der Waals surface area (Å²) in [5.41, 5.74) is 0.576. The van der Waals surface area contributed by atoms with E-state index in [1.807, 2.05) is 0 Å². The molecule has 0 amide bonds. The van der Waals surface area contributed by atoms with E-state index in [4.69, 9.17) is 8.83 Å². The summed E-state index contributed by atoms with van der Waals surface area (Å²) in [6.07, 6.45) is 1.44. The van der Waals surface area contributed by atoms with Crippen LogP contribution in [0.1, 0.15) is 5.76 Å². The van der Waals surface area contributed by atoms with Crippen LogP contribution < -0.4 is 5.43 Å².